The predicted octanol–water partition coefficient (Wildman–Crippen LogP) is 5.30. The van der Waals surface area contributed by atoms with Crippen LogP contribution in [0.2, 0.25) is 0 Å². The smallest absolute Gasteiger partial charge is 0.337 e. The Kier molecular flexibility index (Phi) is 10.8. The highest BCUT2D eigenvalue weighted by Crippen LogP contribution is 2.35. The van der Waals surface area contributed by atoms with Crippen molar-refractivity contribution in [3.8, 4) is 17.2 Å². The van der Waals surface area contributed by atoms with Crippen molar-refractivity contribution in [3.63, 3.8) is 0 Å². The Morgan fingerprint density at radius 1 is 0.978 bits per heavy atom. The molecule has 13 heteroatoms. The monoisotopic (exact) mass is 866 g/mol. The van der Waals surface area contributed by atoms with Crippen LogP contribution in [0.1, 0.15) is 46.9 Å². The number of carboxylic acids is 1. The highest BCUT2D eigenvalue weighted by Gasteiger charge is 2.31. The molecule has 0 fully saturated rings. The number of fused-ring (bicyclic) bond motifs is 1. The Morgan fingerprint density at radius 3 is 2.28 bits per heavy atom. The van der Waals surface area contributed by atoms with Crippen molar-refractivity contribution in [1.82, 2.24) is 4.57 Å². The van der Waals surface area contributed by atoms with Gasteiger partial charge in [-0.2, -0.15) is 0 Å². The van der Waals surface area contributed by atoms with Crippen LogP contribution in [0.4, 0.5) is 0 Å². The molecule has 1 aromatic heterocycles. The molecule has 0 bridgehead atoms. The molecule has 5 rings (SSSR count). The van der Waals surface area contributed by atoms with Gasteiger partial charge in [0.05, 0.1) is 49.2 Å². The molecule has 0 amide bonds. The minimum absolute atomic E-state index is 0.213. The van der Waals surface area contributed by atoms with E-state index in [9.17, 15) is 14.4 Å². The summed E-state index contributed by atoms with van der Waals surface area (Å²) in [5, 5.41) is 9.12. The van der Waals surface area contributed by atoms with Gasteiger partial charge in [-0.1, -0.05) is 29.5 Å². The summed E-state index contributed by atoms with van der Waals surface area (Å²) in [7, 11) is 1.29. The standard InChI is InChI=1S/C33H28I2N2O8S/c1-4-43-25-11-10-21(15-26(25)44-5-2)28-22(32(41)42-3)16-36-33-37(28)30(38)27(46-33)14-19-12-23(34)29(24(35)13-19)45-17-18-6-8-20(9-7-18)31(39)40/h6-16,28H,4-5,17H2,1-3H3,(H,39,40)/b27-14-/t28-/m1/s1. The van der Waals surface area contributed by atoms with E-state index in [0.29, 0.717) is 45.4 Å². The van der Waals surface area contributed by atoms with Crippen molar-refractivity contribution < 1.29 is 33.6 Å². The summed E-state index contributed by atoms with van der Waals surface area (Å²) < 4.78 is 26.3. The molecule has 0 aliphatic carbocycles. The van der Waals surface area contributed by atoms with E-state index < -0.39 is 18.0 Å². The molecule has 1 atom stereocenters. The number of aromatic nitrogens is 1. The summed E-state index contributed by atoms with van der Waals surface area (Å²) in [6.45, 7) is 4.88. The van der Waals surface area contributed by atoms with Gasteiger partial charge in [0.25, 0.3) is 5.56 Å². The first-order chi connectivity index (χ1) is 22.1. The molecule has 0 radical (unpaired) electrons. The maximum atomic E-state index is 14.0. The second kappa shape index (κ2) is 14.8. The number of esters is 1. The largest absolute Gasteiger partial charge is 0.490 e. The van der Waals surface area contributed by atoms with Crippen LogP contribution in [0, 0.1) is 7.14 Å². The number of hydrogen-bond donors (Lipinski definition) is 1. The molecule has 0 saturated heterocycles. The Morgan fingerprint density at radius 2 is 1.65 bits per heavy atom. The molecular weight excluding hydrogens is 838 g/mol. The van der Waals surface area contributed by atoms with E-state index in [0.717, 1.165) is 18.3 Å². The summed E-state index contributed by atoms with van der Waals surface area (Å²) in [6.07, 6.45) is 3.25. The Bertz CT molecular complexity index is 2000. The highest BCUT2D eigenvalue weighted by molar-refractivity contribution is 14.1. The Hall–Kier alpha value is -3.70. The molecule has 0 saturated carbocycles. The van der Waals surface area contributed by atoms with Gasteiger partial charge in [0.1, 0.15) is 12.4 Å². The molecule has 10 nitrogen and oxygen atoms in total. The van der Waals surface area contributed by atoms with Crippen molar-refractivity contribution in [1.29, 1.82) is 0 Å². The number of nitrogens with zero attached hydrogens (tertiary/aromatic N) is 2. The van der Waals surface area contributed by atoms with E-state index in [4.69, 9.17) is 24.1 Å². The number of carbonyl (C=O) groups excluding carboxylic acids is 1. The summed E-state index contributed by atoms with van der Waals surface area (Å²) in [6, 6.07) is 14.9. The fourth-order valence-corrected chi connectivity index (χ4v) is 7.94. The highest BCUT2D eigenvalue weighted by atomic mass is 127. The molecule has 238 valence electrons. The third kappa shape index (κ3) is 7.15. The number of hydrogen-bond acceptors (Lipinski definition) is 9. The van der Waals surface area contributed by atoms with E-state index in [2.05, 4.69) is 50.2 Å². The fourth-order valence-electron chi connectivity index (χ4n) is 4.84. The average molecular weight is 866 g/mol. The summed E-state index contributed by atoms with van der Waals surface area (Å²) in [4.78, 5) is 42.9. The van der Waals surface area contributed by atoms with Crippen molar-refractivity contribution in [3.05, 3.63) is 115 Å². The average Bonchev–Trinajstić information content (AvgIpc) is 3.35. The fraction of sp³-hybridized carbons (Fsp3) is 0.212. The molecule has 0 spiro atoms. The van der Waals surface area contributed by atoms with Gasteiger partial charge in [-0.3, -0.25) is 9.36 Å². The van der Waals surface area contributed by atoms with Crippen LogP contribution in [0.15, 0.2) is 76.2 Å². The molecule has 46 heavy (non-hydrogen) atoms. The lowest BCUT2D eigenvalue weighted by atomic mass is 9.97. The van der Waals surface area contributed by atoms with Crippen molar-refractivity contribution in [2.75, 3.05) is 20.3 Å². The molecule has 1 aliphatic heterocycles. The lowest BCUT2D eigenvalue weighted by Crippen LogP contribution is -2.39. The van der Waals surface area contributed by atoms with Gasteiger partial charge >= 0.3 is 11.9 Å². The topological polar surface area (TPSA) is 126 Å². The minimum atomic E-state index is -0.981. The van der Waals surface area contributed by atoms with Gasteiger partial charge in [0.2, 0.25) is 0 Å². The number of carboxylic acid groups (broad SMARTS) is 1. The van der Waals surface area contributed by atoms with E-state index in [1.807, 2.05) is 32.0 Å². The van der Waals surface area contributed by atoms with E-state index in [1.165, 1.54) is 29.2 Å². The normalized spacial score (nSPS) is 14.2. The Labute approximate surface area is 295 Å². The van der Waals surface area contributed by atoms with Crippen molar-refractivity contribution in [2.24, 2.45) is 4.99 Å². The SMILES string of the molecule is CCOc1ccc([C@@H]2C(C(=O)OC)=CN=c3s/c(=C\c4cc(I)c(OCc5ccc(C(=O)O)cc5)c(I)c4)c(=O)n32)cc1OCC. The van der Waals surface area contributed by atoms with Gasteiger partial charge in [-0.15, -0.1) is 0 Å². The summed E-state index contributed by atoms with van der Waals surface area (Å²) >= 11 is 5.61. The van der Waals surface area contributed by atoms with Crippen molar-refractivity contribution in [2.45, 2.75) is 26.5 Å². The predicted molar refractivity (Wildman–Crippen MR) is 190 cm³/mol. The number of aromatic carboxylic acids is 1. The van der Waals surface area contributed by atoms with Crippen LogP contribution in [0.5, 0.6) is 17.2 Å². The zero-order valence-electron chi connectivity index (χ0n) is 24.9. The lowest BCUT2D eigenvalue weighted by molar-refractivity contribution is -0.136. The van der Waals surface area contributed by atoms with Gasteiger partial charge in [0, 0.05) is 6.20 Å². The van der Waals surface area contributed by atoms with Crippen LogP contribution < -0.4 is 29.1 Å². The molecular formula is C33H28I2N2O8S. The number of rotatable bonds is 11. The maximum Gasteiger partial charge on any atom is 0.337 e. The van der Waals surface area contributed by atoms with Crippen LogP contribution in [-0.4, -0.2) is 41.9 Å². The second-order valence-electron chi connectivity index (χ2n) is 9.85. The summed E-state index contributed by atoms with van der Waals surface area (Å²) in [5.41, 5.74) is 2.41. The molecule has 4 aromatic rings. The van der Waals surface area contributed by atoms with E-state index in [-0.39, 0.29) is 23.3 Å². The lowest BCUT2D eigenvalue weighted by Gasteiger charge is -2.23. The number of benzene rings is 3. The molecule has 1 N–H and O–H groups in total. The van der Waals surface area contributed by atoms with E-state index >= 15 is 0 Å². The number of carbonyl (C=O) groups is 2. The van der Waals surface area contributed by atoms with Gasteiger partial charge < -0.3 is 24.1 Å². The number of ether oxygens (including phenoxy) is 4. The van der Waals surface area contributed by atoms with E-state index in [1.54, 1.807) is 42.5 Å². The second-order valence-corrected chi connectivity index (χ2v) is 13.2. The zero-order chi connectivity index (χ0) is 33.0. The quantitative estimate of drug-likeness (QED) is 0.159. The van der Waals surface area contributed by atoms with Gasteiger partial charge in [0.15, 0.2) is 16.3 Å². The molecule has 0 unspecified atom stereocenters. The molecule has 1 aliphatic rings. The number of halogens is 2. The third-order valence-corrected chi connectivity index (χ3v) is 9.51. The van der Waals surface area contributed by atoms with Crippen LogP contribution in [0.25, 0.3) is 6.08 Å². The first-order valence-corrected chi connectivity index (χ1v) is 17.0. The molecule has 3 aromatic carbocycles. The zero-order valence-corrected chi connectivity index (χ0v) is 30.0. The third-order valence-electron chi connectivity index (χ3n) is 6.91. The summed E-state index contributed by atoms with van der Waals surface area (Å²) in [5.74, 6) is 0.189. The Balaban J connectivity index is 1.51. The maximum absolute atomic E-state index is 14.0. The first-order valence-electron chi connectivity index (χ1n) is 14.1. The number of methoxy groups -OCH3 is 1. The minimum Gasteiger partial charge on any atom is -0.490 e. The first kappa shape index (κ1) is 33.7. The molecule has 2 heterocycles. The van der Waals surface area contributed by atoms with Gasteiger partial charge in [-0.05, 0) is 118 Å². The van der Waals surface area contributed by atoms with Crippen LogP contribution in [0.3, 0.4) is 0 Å². The van der Waals surface area contributed by atoms with Crippen molar-refractivity contribution >= 4 is 74.5 Å². The van der Waals surface area contributed by atoms with Gasteiger partial charge in [-0.25, -0.2) is 14.6 Å². The van der Waals surface area contributed by atoms with Crippen LogP contribution in [-0.2, 0) is 16.1 Å². The van der Waals surface area contributed by atoms with Crippen LogP contribution >= 0.6 is 56.5 Å². The number of thiazole rings is 1.